The molecule has 0 aliphatic heterocycles. The van der Waals surface area contributed by atoms with Gasteiger partial charge in [0.05, 0.1) is 31.7 Å². The van der Waals surface area contributed by atoms with Crippen molar-refractivity contribution in [2.45, 2.75) is 31.5 Å². The van der Waals surface area contributed by atoms with Gasteiger partial charge in [0.2, 0.25) is 17.7 Å². The number of carboxylic acids is 2. The highest BCUT2D eigenvalue weighted by molar-refractivity contribution is 5.91. The molecule has 0 radical (unpaired) electrons. The van der Waals surface area contributed by atoms with Crippen molar-refractivity contribution in [2.24, 2.45) is 5.73 Å². The van der Waals surface area contributed by atoms with E-state index >= 15 is 0 Å². The topological polar surface area (TPSA) is 208 Å². The van der Waals surface area contributed by atoms with Crippen LogP contribution in [0.25, 0.3) is 0 Å². The van der Waals surface area contributed by atoms with Gasteiger partial charge < -0.3 is 37.0 Å². The minimum atomic E-state index is -1.52. The molecule has 0 aromatic heterocycles. The Morgan fingerprint density at radius 1 is 1.00 bits per heavy atom. The minimum absolute atomic E-state index is 0.543. The number of hydrogen-bond acceptors (Lipinski definition) is 7. The first kappa shape index (κ1) is 21.3. The van der Waals surface area contributed by atoms with Crippen LogP contribution in [-0.4, -0.2) is 76.3 Å². The number of hydrogen-bond donors (Lipinski definition) is 7. The van der Waals surface area contributed by atoms with Gasteiger partial charge in [-0.3, -0.25) is 19.2 Å². The zero-order chi connectivity index (χ0) is 18.9. The van der Waals surface area contributed by atoms with Crippen LogP contribution >= 0.6 is 0 Å². The molecule has 12 heteroatoms. The Hall–Kier alpha value is -2.73. The van der Waals surface area contributed by atoms with Crippen LogP contribution in [0.2, 0.25) is 0 Å². The Kier molecular flexibility index (Phi) is 8.97. The van der Waals surface area contributed by atoms with E-state index in [1.165, 1.54) is 6.92 Å². The molecule has 0 saturated carbocycles. The van der Waals surface area contributed by atoms with Crippen molar-refractivity contribution >= 4 is 29.7 Å². The summed E-state index contributed by atoms with van der Waals surface area (Å²) in [6, 6.07) is -2.84. The van der Waals surface area contributed by atoms with E-state index < -0.39 is 67.4 Å². The lowest BCUT2D eigenvalue weighted by Crippen LogP contribution is -2.51. The number of aliphatic carboxylic acids is 2. The zero-order valence-electron chi connectivity index (χ0n) is 12.8. The molecule has 0 aromatic carbocycles. The molecule has 0 aliphatic carbocycles. The van der Waals surface area contributed by atoms with Crippen molar-refractivity contribution in [1.29, 1.82) is 0 Å². The largest absolute Gasteiger partial charge is 0.481 e. The van der Waals surface area contributed by atoms with Gasteiger partial charge in [0.1, 0.15) is 0 Å². The van der Waals surface area contributed by atoms with Gasteiger partial charge in [-0.05, 0) is 6.92 Å². The zero-order valence-corrected chi connectivity index (χ0v) is 12.8. The van der Waals surface area contributed by atoms with Gasteiger partial charge >= 0.3 is 11.9 Å². The van der Waals surface area contributed by atoms with Crippen molar-refractivity contribution in [3.63, 3.8) is 0 Å². The van der Waals surface area contributed by atoms with Crippen LogP contribution < -0.4 is 21.7 Å². The van der Waals surface area contributed by atoms with Gasteiger partial charge in [-0.2, -0.15) is 0 Å². The van der Waals surface area contributed by atoms with Gasteiger partial charge in [-0.15, -0.1) is 0 Å². The summed E-state index contributed by atoms with van der Waals surface area (Å²) in [7, 11) is 0. The summed E-state index contributed by atoms with van der Waals surface area (Å²) < 4.78 is 0. The molecule has 0 bridgehead atoms. The first-order valence-electron chi connectivity index (χ1n) is 6.76. The molecule has 0 spiro atoms. The molecule has 3 amide bonds. The van der Waals surface area contributed by atoms with E-state index in [4.69, 9.17) is 15.9 Å². The minimum Gasteiger partial charge on any atom is -0.481 e. The van der Waals surface area contributed by atoms with Crippen molar-refractivity contribution < 1.29 is 39.3 Å². The van der Waals surface area contributed by atoms with Crippen LogP contribution in [0.15, 0.2) is 0 Å². The lowest BCUT2D eigenvalue weighted by atomic mass is 10.2. The molecular formula is C12H20N4O8. The van der Waals surface area contributed by atoms with E-state index in [0.717, 1.165) is 0 Å². The van der Waals surface area contributed by atoms with Crippen LogP contribution in [0, 0.1) is 0 Å². The van der Waals surface area contributed by atoms with E-state index in [-0.39, 0.29) is 0 Å². The predicted molar refractivity (Wildman–Crippen MR) is 77.5 cm³/mol. The van der Waals surface area contributed by atoms with E-state index in [2.05, 4.69) is 10.6 Å². The average Bonchev–Trinajstić information content (AvgIpc) is 2.46. The highest BCUT2D eigenvalue weighted by atomic mass is 16.4. The van der Waals surface area contributed by atoms with Gasteiger partial charge in [-0.1, -0.05) is 0 Å². The maximum atomic E-state index is 11.5. The molecule has 12 nitrogen and oxygen atoms in total. The van der Waals surface area contributed by atoms with Crippen LogP contribution in [0.3, 0.4) is 0 Å². The molecule has 0 aliphatic rings. The molecule has 8 N–H and O–H groups in total. The molecule has 0 fully saturated rings. The predicted octanol–water partition coefficient (Wildman–Crippen LogP) is -4.03. The molecule has 3 unspecified atom stereocenters. The van der Waals surface area contributed by atoms with Crippen molar-refractivity contribution in [1.82, 2.24) is 16.0 Å². The van der Waals surface area contributed by atoms with Gasteiger partial charge in [0, 0.05) is 0 Å². The average molecular weight is 348 g/mol. The molecule has 0 heterocycles. The van der Waals surface area contributed by atoms with Crippen LogP contribution in [0.5, 0.6) is 0 Å². The number of aliphatic hydroxyl groups excluding tert-OH is 1. The highest BCUT2D eigenvalue weighted by Gasteiger charge is 2.25. The number of nitrogens with one attached hydrogen (secondary N) is 3. The summed E-state index contributed by atoms with van der Waals surface area (Å²) in [5, 5.41) is 32.6. The summed E-state index contributed by atoms with van der Waals surface area (Å²) in [6.07, 6.45) is -1.94. The summed E-state index contributed by atoms with van der Waals surface area (Å²) in [4.78, 5) is 55.4. The molecule has 3 atom stereocenters. The molecule has 0 aromatic rings. The maximum Gasteiger partial charge on any atom is 0.328 e. The molecule has 0 rings (SSSR count). The third-order valence-electron chi connectivity index (χ3n) is 2.67. The lowest BCUT2D eigenvalue weighted by Gasteiger charge is -2.17. The second kappa shape index (κ2) is 10.1. The quantitative estimate of drug-likeness (QED) is 0.205. The number of carbonyl (C=O) groups is 5. The molecule has 24 heavy (non-hydrogen) atoms. The highest BCUT2D eigenvalue weighted by Crippen LogP contribution is 1.92. The van der Waals surface area contributed by atoms with E-state index in [1.807, 2.05) is 5.32 Å². The Morgan fingerprint density at radius 3 is 2.00 bits per heavy atom. The molecule has 0 saturated heterocycles. The molecule has 136 valence electrons. The fourth-order valence-corrected chi connectivity index (χ4v) is 1.43. The maximum absolute atomic E-state index is 11.5. The fourth-order valence-electron chi connectivity index (χ4n) is 1.43. The third-order valence-corrected chi connectivity index (χ3v) is 2.67. The van der Waals surface area contributed by atoms with Gasteiger partial charge in [-0.25, -0.2) is 4.79 Å². The SMILES string of the molecule is CC(O)C(NC(=O)CNC(=O)CNC(=O)C(N)CC(=O)O)C(=O)O. The number of aliphatic hydroxyl groups is 1. The van der Waals surface area contributed by atoms with Gasteiger partial charge in [0.15, 0.2) is 6.04 Å². The summed E-state index contributed by atoms with van der Waals surface area (Å²) in [6.45, 7) is 0.0537. The van der Waals surface area contributed by atoms with E-state index in [1.54, 1.807) is 0 Å². The van der Waals surface area contributed by atoms with Crippen LogP contribution in [0.4, 0.5) is 0 Å². The number of carboxylic acid groups (broad SMARTS) is 2. The third kappa shape index (κ3) is 8.65. The smallest absolute Gasteiger partial charge is 0.328 e. The van der Waals surface area contributed by atoms with Crippen LogP contribution in [0.1, 0.15) is 13.3 Å². The lowest BCUT2D eigenvalue weighted by molar-refractivity contribution is -0.144. The number of carbonyl (C=O) groups excluding carboxylic acids is 3. The number of amides is 3. The van der Waals surface area contributed by atoms with E-state index in [9.17, 15) is 29.1 Å². The fraction of sp³-hybridized carbons (Fsp3) is 0.583. The Labute approximate surface area is 136 Å². The van der Waals surface area contributed by atoms with Crippen molar-refractivity contribution in [3.05, 3.63) is 0 Å². The normalized spacial score (nSPS) is 14.0. The second-order valence-electron chi connectivity index (χ2n) is 4.82. The monoisotopic (exact) mass is 348 g/mol. The standard InChI is InChI=1S/C12H20N4O8/c1-5(17)10(12(23)24)16-8(19)4-14-7(18)3-15-11(22)6(13)2-9(20)21/h5-6,10,17H,2-4,13H2,1H3,(H,14,18)(H,15,22)(H,16,19)(H,20,21)(H,23,24). The summed E-state index contributed by atoms with van der Waals surface area (Å²) in [5.41, 5.74) is 5.27. The summed E-state index contributed by atoms with van der Waals surface area (Å²) >= 11 is 0. The van der Waals surface area contributed by atoms with Crippen LogP contribution in [-0.2, 0) is 24.0 Å². The first-order valence-corrected chi connectivity index (χ1v) is 6.76. The Morgan fingerprint density at radius 2 is 1.54 bits per heavy atom. The second-order valence-corrected chi connectivity index (χ2v) is 4.82. The number of nitrogens with two attached hydrogens (primary N) is 1. The Balaban J connectivity index is 4.17. The van der Waals surface area contributed by atoms with E-state index in [0.29, 0.717) is 0 Å². The molecular weight excluding hydrogens is 328 g/mol. The first-order chi connectivity index (χ1) is 11.0. The summed E-state index contributed by atoms with van der Waals surface area (Å²) in [5.74, 6) is -5.19. The Bertz CT molecular complexity index is 507. The number of rotatable bonds is 10. The van der Waals surface area contributed by atoms with Gasteiger partial charge in [0.25, 0.3) is 0 Å². The van der Waals surface area contributed by atoms with Crippen molar-refractivity contribution in [3.8, 4) is 0 Å². The van der Waals surface area contributed by atoms with Crippen molar-refractivity contribution in [2.75, 3.05) is 13.1 Å².